The van der Waals surface area contributed by atoms with E-state index in [1.807, 2.05) is 35.2 Å². The van der Waals surface area contributed by atoms with E-state index in [4.69, 9.17) is 4.74 Å². The average molecular weight is 353 g/mol. The first-order valence-electron chi connectivity index (χ1n) is 9.94. The molecule has 3 fully saturated rings. The van der Waals surface area contributed by atoms with Gasteiger partial charge in [0.15, 0.2) is 0 Å². The van der Waals surface area contributed by atoms with Gasteiger partial charge in [0.05, 0.1) is 19.7 Å². The van der Waals surface area contributed by atoms with Gasteiger partial charge in [-0.2, -0.15) is 0 Å². The Morgan fingerprint density at radius 1 is 1.23 bits per heavy atom. The van der Waals surface area contributed by atoms with E-state index >= 15 is 0 Å². The molecular weight excluding hydrogens is 326 g/mol. The molecule has 1 spiro atoms. The van der Waals surface area contributed by atoms with Crippen LogP contribution in [0.1, 0.15) is 36.2 Å². The number of ether oxygens (including phenoxy) is 1. The van der Waals surface area contributed by atoms with E-state index in [0.717, 1.165) is 37.0 Å². The fraction of sp³-hybridized carbons (Fsp3) is 0.571. The number of carbonyl (C=O) groups excluding carboxylic acids is 1. The van der Waals surface area contributed by atoms with E-state index in [2.05, 4.69) is 9.88 Å². The Morgan fingerprint density at radius 3 is 2.77 bits per heavy atom. The highest BCUT2D eigenvalue weighted by atomic mass is 16.5. The van der Waals surface area contributed by atoms with Crippen molar-refractivity contribution in [3.63, 3.8) is 0 Å². The fourth-order valence-corrected chi connectivity index (χ4v) is 4.79. The summed E-state index contributed by atoms with van der Waals surface area (Å²) in [4.78, 5) is 20.5. The molecule has 1 N–H and O–H groups in total. The molecule has 138 valence electrons. The van der Waals surface area contributed by atoms with E-state index in [0.29, 0.717) is 11.6 Å². The summed E-state index contributed by atoms with van der Waals surface area (Å²) in [5.41, 5.74) is 1.62. The molecule has 1 aromatic carbocycles. The number of likely N-dealkylation sites (tertiary alicyclic amines) is 2. The summed E-state index contributed by atoms with van der Waals surface area (Å²) in [6.45, 7) is 6.02. The van der Waals surface area contributed by atoms with Gasteiger partial charge in [0.1, 0.15) is 11.3 Å². The topological polar surface area (TPSA) is 48.6 Å². The molecule has 26 heavy (non-hydrogen) atoms. The van der Waals surface area contributed by atoms with Crippen molar-refractivity contribution in [3.05, 3.63) is 36.0 Å². The molecule has 3 saturated heterocycles. The van der Waals surface area contributed by atoms with Crippen molar-refractivity contribution in [1.82, 2.24) is 14.8 Å². The van der Waals surface area contributed by atoms with Crippen molar-refractivity contribution < 1.29 is 9.53 Å². The molecular formula is C21H27N3O2. The van der Waals surface area contributed by atoms with Crippen LogP contribution >= 0.6 is 0 Å². The van der Waals surface area contributed by atoms with Gasteiger partial charge >= 0.3 is 0 Å². The Bertz CT molecular complexity index is 759. The molecule has 0 saturated carbocycles. The molecule has 0 radical (unpaired) electrons. The smallest absolute Gasteiger partial charge is 0.270 e. The zero-order valence-electron chi connectivity index (χ0n) is 15.2. The van der Waals surface area contributed by atoms with Crippen LogP contribution in [0.3, 0.4) is 0 Å². The lowest BCUT2D eigenvalue weighted by Gasteiger charge is -2.52. The molecule has 3 aliphatic heterocycles. The molecule has 0 bridgehead atoms. The van der Waals surface area contributed by atoms with Crippen molar-refractivity contribution in [2.75, 3.05) is 39.3 Å². The highest BCUT2D eigenvalue weighted by Gasteiger charge is 2.48. The summed E-state index contributed by atoms with van der Waals surface area (Å²) in [6.07, 6.45) is 5.01. The van der Waals surface area contributed by atoms with Crippen LogP contribution < -0.4 is 0 Å². The van der Waals surface area contributed by atoms with E-state index in [9.17, 15) is 4.79 Å². The lowest BCUT2D eigenvalue weighted by molar-refractivity contribution is -0.168. The van der Waals surface area contributed by atoms with Gasteiger partial charge in [-0.1, -0.05) is 18.2 Å². The van der Waals surface area contributed by atoms with Crippen LogP contribution in [0, 0.1) is 5.92 Å². The first kappa shape index (κ1) is 16.3. The molecule has 0 unspecified atom stereocenters. The summed E-state index contributed by atoms with van der Waals surface area (Å²) in [6, 6.07) is 9.98. The number of aromatic amines is 1. The van der Waals surface area contributed by atoms with Gasteiger partial charge in [-0.25, -0.2) is 0 Å². The molecule has 2 aromatic rings. The van der Waals surface area contributed by atoms with Gasteiger partial charge in [0.25, 0.3) is 5.91 Å². The third-order valence-corrected chi connectivity index (χ3v) is 6.35. The minimum absolute atomic E-state index is 0.0802. The van der Waals surface area contributed by atoms with E-state index in [1.165, 1.54) is 38.9 Å². The van der Waals surface area contributed by atoms with Crippen LogP contribution in [0.15, 0.2) is 30.3 Å². The number of carbonyl (C=O) groups is 1. The van der Waals surface area contributed by atoms with Crippen molar-refractivity contribution in [2.45, 2.75) is 31.3 Å². The number of nitrogens with one attached hydrogen (secondary N) is 1. The highest BCUT2D eigenvalue weighted by molar-refractivity contribution is 5.98. The molecule has 5 nitrogen and oxygen atoms in total. The molecule has 5 rings (SSSR count). The zero-order valence-corrected chi connectivity index (χ0v) is 15.2. The van der Waals surface area contributed by atoms with Crippen molar-refractivity contribution >= 4 is 16.8 Å². The number of rotatable bonds is 3. The second kappa shape index (κ2) is 6.39. The van der Waals surface area contributed by atoms with Crippen LogP contribution in [0.2, 0.25) is 0 Å². The summed E-state index contributed by atoms with van der Waals surface area (Å²) < 4.78 is 6.27. The predicted molar refractivity (Wildman–Crippen MR) is 101 cm³/mol. The molecule has 3 aliphatic rings. The fourth-order valence-electron chi connectivity index (χ4n) is 4.79. The van der Waals surface area contributed by atoms with Gasteiger partial charge in [0.2, 0.25) is 0 Å². The minimum Gasteiger partial charge on any atom is -0.371 e. The number of nitrogens with zero attached hydrogens (tertiary/aromatic N) is 2. The monoisotopic (exact) mass is 353 g/mol. The Hall–Kier alpha value is -1.85. The second-order valence-electron chi connectivity index (χ2n) is 8.34. The summed E-state index contributed by atoms with van der Waals surface area (Å²) in [7, 11) is 0. The van der Waals surface area contributed by atoms with Crippen LogP contribution in [0.5, 0.6) is 0 Å². The van der Waals surface area contributed by atoms with Crippen LogP contribution in [0.4, 0.5) is 0 Å². The Labute approximate surface area is 154 Å². The van der Waals surface area contributed by atoms with Gasteiger partial charge in [0, 0.05) is 17.4 Å². The van der Waals surface area contributed by atoms with Crippen LogP contribution in [-0.4, -0.2) is 65.6 Å². The highest BCUT2D eigenvalue weighted by Crippen LogP contribution is 2.37. The maximum Gasteiger partial charge on any atom is 0.270 e. The predicted octanol–water partition coefficient (Wildman–Crippen LogP) is 2.88. The number of amides is 1. The Morgan fingerprint density at radius 2 is 2.04 bits per heavy atom. The van der Waals surface area contributed by atoms with E-state index in [1.54, 1.807) is 0 Å². The number of aromatic nitrogens is 1. The Balaban J connectivity index is 1.16. The molecule has 0 aliphatic carbocycles. The lowest BCUT2D eigenvalue weighted by Crippen LogP contribution is -2.66. The van der Waals surface area contributed by atoms with Crippen molar-refractivity contribution in [3.8, 4) is 0 Å². The molecule has 1 amide bonds. The van der Waals surface area contributed by atoms with Crippen LogP contribution in [-0.2, 0) is 4.74 Å². The molecule has 4 heterocycles. The van der Waals surface area contributed by atoms with E-state index < -0.39 is 0 Å². The number of hydrogen-bond donors (Lipinski definition) is 1. The minimum atomic E-state index is -0.0802. The number of hydrogen-bond acceptors (Lipinski definition) is 3. The maximum absolute atomic E-state index is 12.7. The summed E-state index contributed by atoms with van der Waals surface area (Å²) in [5, 5.41) is 1.09. The van der Waals surface area contributed by atoms with Crippen molar-refractivity contribution in [2.24, 2.45) is 5.92 Å². The number of para-hydroxylation sites is 1. The molecule has 1 aromatic heterocycles. The van der Waals surface area contributed by atoms with Gasteiger partial charge in [-0.05, 0) is 56.8 Å². The zero-order chi connectivity index (χ0) is 17.6. The van der Waals surface area contributed by atoms with Crippen molar-refractivity contribution in [1.29, 1.82) is 0 Å². The lowest BCUT2D eigenvalue weighted by atomic mass is 9.82. The standard InChI is InChI=1S/C21H27N3O2/c25-20(19-11-17-5-1-2-6-18(17)22-19)24-14-21(15-24)8-7-16(13-26-21)12-23-9-3-4-10-23/h1-2,5-6,11,16,22H,3-4,7-10,12-15H2/t16-/m1/s1. The number of fused-ring (bicyclic) bond motifs is 1. The average Bonchev–Trinajstić information content (AvgIpc) is 3.29. The summed E-state index contributed by atoms with van der Waals surface area (Å²) >= 11 is 0. The molecule has 5 heteroatoms. The van der Waals surface area contributed by atoms with Gasteiger partial charge < -0.3 is 19.5 Å². The van der Waals surface area contributed by atoms with Crippen LogP contribution in [0.25, 0.3) is 10.9 Å². The van der Waals surface area contributed by atoms with E-state index in [-0.39, 0.29) is 11.5 Å². The summed E-state index contributed by atoms with van der Waals surface area (Å²) in [5.74, 6) is 0.756. The second-order valence-corrected chi connectivity index (χ2v) is 8.34. The molecule has 1 atom stereocenters. The largest absolute Gasteiger partial charge is 0.371 e. The number of benzene rings is 1. The SMILES string of the molecule is O=C(c1cc2ccccc2[nH]1)N1CC2(CC[C@H](CN3CCCC3)CO2)C1. The quantitative estimate of drug-likeness (QED) is 0.923. The number of H-pyrrole nitrogens is 1. The third-order valence-electron chi connectivity index (χ3n) is 6.35. The maximum atomic E-state index is 12.7. The first-order chi connectivity index (χ1) is 12.7. The first-order valence-corrected chi connectivity index (χ1v) is 9.94. The normalized spacial score (nSPS) is 25.7. The van der Waals surface area contributed by atoms with Gasteiger partial charge in [-0.15, -0.1) is 0 Å². The third kappa shape index (κ3) is 2.93. The Kier molecular flexibility index (Phi) is 4.02. The van der Waals surface area contributed by atoms with Gasteiger partial charge in [-0.3, -0.25) is 4.79 Å².